The Labute approximate surface area is 130 Å². The fourth-order valence-corrected chi connectivity index (χ4v) is 2.90. The number of hydrogen-bond acceptors (Lipinski definition) is 4. The molecule has 3 atom stereocenters. The highest BCUT2D eigenvalue weighted by Gasteiger charge is 2.34. The Kier molecular flexibility index (Phi) is 4.43. The van der Waals surface area contributed by atoms with Gasteiger partial charge in [0.05, 0.1) is 18.8 Å². The number of ether oxygens (including phenoxy) is 1. The molecule has 1 aliphatic rings. The minimum Gasteiger partial charge on any atom is -0.398 e. The van der Waals surface area contributed by atoms with Crippen molar-refractivity contribution in [3.63, 3.8) is 0 Å². The SMILES string of the molecule is Nc1cc([C@H]2C[C@H](O)[C@@H](CO)O2)ccc1Cc1ccccc1. The van der Waals surface area contributed by atoms with E-state index < -0.39 is 12.2 Å². The van der Waals surface area contributed by atoms with E-state index in [1.165, 1.54) is 5.56 Å². The van der Waals surface area contributed by atoms with Crippen LogP contribution in [0.2, 0.25) is 0 Å². The molecular weight excluding hydrogens is 278 g/mol. The lowest BCUT2D eigenvalue weighted by molar-refractivity contribution is -0.0225. The molecule has 4 nitrogen and oxygen atoms in total. The van der Waals surface area contributed by atoms with Gasteiger partial charge in [-0.05, 0) is 29.2 Å². The summed E-state index contributed by atoms with van der Waals surface area (Å²) < 4.78 is 5.67. The van der Waals surface area contributed by atoms with E-state index in [1.807, 2.05) is 36.4 Å². The molecule has 1 fully saturated rings. The zero-order chi connectivity index (χ0) is 15.5. The number of anilines is 1. The highest BCUT2D eigenvalue weighted by molar-refractivity contribution is 5.51. The van der Waals surface area contributed by atoms with Crippen molar-refractivity contribution in [2.75, 3.05) is 12.3 Å². The average molecular weight is 299 g/mol. The van der Waals surface area contributed by atoms with Crippen molar-refractivity contribution in [3.8, 4) is 0 Å². The van der Waals surface area contributed by atoms with Gasteiger partial charge in [0.25, 0.3) is 0 Å². The van der Waals surface area contributed by atoms with E-state index in [0.29, 0.717) is 6.42 Å². The summed E-state index contributed by atoms with van der Waals surface area (Å²) in [5.74, 6) is 0. The summed E-state index contributed by atoms with van der Waals surface area (Å²) in [4.78, 5) is 0. The molecule has 2 aromatic carbocycles. The molecule has 0 spiro atoms. The van der Waals surface area contributed by atoms with Gasteiger partial charge in [-0.2, -0.15) is 0 Å². The summed E-state index contributed by atoms with van der Waals surface area (Å²) in [7, 11) is 0. The van der Waals surface area contributed by atoms with E-state index in [0.717, 1.165) is 23.2 Å². The molecule has 0 amide bonds. The Morgan fingerprint density at radius 1 is 1.14 bits per heavy atom. The summed E-state index contributed by atoms with van der Waals surface area (Å²) in [6, 6.07) is 16.1. The zero-order valence-electron chi connectivity index (χ0n) is 12.4. The van der Waals surface area contributed by atoms with Crippen molar-refractivity contribution < 1.29 is 14.9 Å². The largest absolute Gasteiger partial charge is 0.398 e. The lowest BCUT2D eigenvalue weighted by atomic mass is 9.98. The van der Waals surface area contributed by atoms with Crippen molar-refractivity contribution in [1.29, 1.82) is 0 Å². The van der Waals surface area contributed by atoms with E-state index in [2.05, 4.69) is 12.1 Å². The first-order chi connectivity index (χ1) is 10.7. The number of nitrogen functional groups attached to an aromatic ring is 1. The number of aliphatic hydroxyl groups is 2. The normalized spacial score (nSPS) is 24.5. The van der Waals surface area contributed by atoms with Gasteiger partial charge in [-0.15, -0.1) is 0 Å². The predicted molar refractivity (Wildman–Crippen MR) is 85.4 cm³/mol. The number of benzene rings is 2. The maximum atomic E-state index is 9.82. The molecule has 0 unspecified atom stereocenters. The molecule has 0 radical (unpaired) electrons. The molecule has 0 saturated carbocycles. The van der Waals surface area contributed by atoms with Gasteiger partial charge < -0.3 is 20.7 Å². The van der Waals surface area contributed by atoms with Crippen LogP contribution in [-0.2, 0) is 11.2 Å². The molecule has 0 aromatic heterocycles. The summed E-state index contributed by atoms with van der Waals surface area (Å²) in [6.07, 6.45) is -0.0565. The maximum absolute atomic E-state index is 9.82. The van der Waals surface area contributed by atoms with Crippen molar-refractivity contribution in [1.82, 2.24) is 0 Å². The Bertz CT molecular complexity index is 629. The highest BCUT2D eigenvalue weighted by atomic mass is 16.5. The molecule has 1 aliphatic heterocycles. The first-order valence-corrected chi connectivity index (χ1v) is 7.54. The van der Waals surface area contributed by atoms with E-state index in [4.69, 9.17) is 15.6 Å². The highest BCUT2D eigenvalue weighted by Crippen LogP contribution is 2.34. The molecule has 3 rings (SSSR count). The van der Waals surface area contributed by atoms with E-state index in [-0.39, 0.29) is 12.7 Å². The van der Waals surface area contributed by atoms with Crippen LogP contribution in [0.4, 0.5) is 5.69 Å². The third kappa shape index (κ3) is 3.14. The maximum Gasteiger partial charge on any atom is 0.107 e. The van der Waals surface area contributed by atoms with Crippen LogP contribution >= 0.6 is 0 Å². The van der Waals surface area contributed by atoms with Crippen LogP contribution in [0.1, 0.15) is 29.2 Å². The summed E-state index contributed by atoms with van der Waals surface area (Å²) in [5, 5.41) is 19.0. The summed E-state index contributed by atoms with van der Waals surface area (Å²) in [6.45, 7) is -0.167. The Balaban J connectivity index is 1.75. The summed E-state index contributed by atoms with van der Waals surface area (Å²) >= 11 is 0. The van der Waals surface area contributed by atoms with Crippen LogP contribution in [0.3, 0.4) is 0 Å². The number of aliphatic hydroxyl groups excluding tert-OH is 2. The lowest BCUT2D eigenvalue weighted by Crippen LogP contribution is -2.24. The van der Waals surface area contributed by atoms with E-state index in [9.17, 15) is 5.11 Å². The molecule has 4 N–H and O–H groups in total. The molecular formula is C18H21NO3. The molecule has 4 heteroatoms. The minimum absolute atomic E-state index is 0.167. The van der Waals surface area contributed by atoms with Gasteiger partial charge in [0.2, 0.25) is 0 Å². The standard InChI is InChI=1S/C18H21NO3/c19-15-9-14(17-10-16(21)18(11-20)22-17)7-6-13(15)8-12-4-2-1-3-5-12/h1-7,9,16-18,20-21H,8,10-11,19H2/t16-,17+,18+/m0/s1. The molecule has 1 saturated heterocycles. The second kappa shape index (κ2) is 6.48. The van der Waals surface area contributed by atoms with Crippen LogP contribution in [0.5, 0.6) is 0 Å². The Morgan fingerprint density at radius 2 is 1.91 bits per heavy atom. The third-order valence-electron chi connectivity index (χ3n) is 4.18. The third-order valence-corrected chi connectivity index (χ3v) is 4.18. The van der Waals surface area contributed by atoms with Gasteiger partial charge in [0, 0.05) is 12.1 Å². The predicted octanol–water partition coefficient (Wildman–Crippen LogP) is 2.04. The second-order valence-electron chi connectivity index (χ2n) is 5.77. The number of rotatable bonds is 4. The average Bonchev–Trinajstić information content (AvgIpc) is 2.91. The monoisotopic (exact) mass is 299 g/mol. The lowest BCUT2D eigenvalue weighted by Gasteiger charge is -2.14. The van der Waals surface area contributed by atoms with E-state index in [1.54, 1.807) is 0 Å². The number of nitrogens with two attached hydrogens (primary N) is 1. The Hall–Kier alpha value is -1.88. The smallest absolute Gasteiger partial charge is 0.107 e. The molecule has 22 heavy (non-hydrogen) atoms. The van der Waals surface area contributed by atoms with Crippen LogP contribution in [0, 0.1) is 0 Å². The topological polar surface area (TPSA) is 75.7 Å². The van der Waals surface area contributed by atoms with Gasteiger partial charge in [-0.1, -0.05) is 42.5 Å². The van der Waals surface area contributed by atoms with Crippen LogP contribution < -0.4 is 5.73 Å². The van der Waals surface area contributed by atoms with E-state index >= 15 is 0 Å². The van der Waals surface area contributed by atoms with Crippen molar-refractivity contribution in [3.05, 3.63) is 65.2 Å². The fourth-order valence-electron chi connectivity index (χ4n) is 2.90. The van der Waals surface area contributed by atoms with Gasteiger partial charge in [-0.3, -0.25) is 0 Å². The van der Waals surface area contributed by atoms with Crippen LogP contribution in [-0.4, -0.2) is 29.0 Å². The van der Waals surface area contributed by atoms with Crippen molar-refractivity contribution >= 4 is 5.69 Å². The van der Waals surface area contributed by atoms with Crippen LogP contribution in [0.15, 0.2) is 48.5 Å². The zero-order valence-corrected chi connectivity index (χ0v) is 12.4. The molecule has 0 bridgehead atoms. The molecule has 1 heterocycles. The fraction of sp³-hybridized carbons (Fsp3) is 0.333. The molecule has 0 aliphatic carbocycles. The first kappa shape index (κ1) is 15.0. The Morgan fingerprint density at radius 3 is 2.55 bits per heavy atom. The van der Waals surface area contributed by atoms with Crippen molar-refractivity contribution in [2.24, 2.45) is 0 Å². The summed E-state index contributed by atoms with van der Waals surface area (Å²) in [5.41, 5.74) is 10.1. The first-order valence-electron chi connectivity index (χ1n) is 7.54. The quantitative estimate of drug-likeness (QED) is 0.755. The number of hydrogen-bond donors (Lipinski definition) is 3. The van der Waals surface area contributed by atoms with Crippen LogP contribution in [0.25, 0.3) is 0 Å². The second-order valence-corrected chi connectivity index (χ2v) is 5.77. The molecule has 116 valence electrons. The molecule has 2 aromatic rings. The van der Waals surface area contributed by atoms with Gasteiger partial charge in [0.15, 0.2) is 0 Å². The van der Waals surface area contributed by atoms with Gasteiger partial charge in [0.1, 0.15) is 6.10 Å². The van der Waals surface area contributed by atoms with Gasteiger partial charge >= 0.3 is 0 Å². The minimum atomic E-state index is -0.625. The van der Waals surface area contributed by atoms with Gasteiger partial charge in [-0.25, -0.2) is 0 Å². The van der Waals surface area contributed by atoms with Crippen molar-refractivity contribution in [2.45, 2.75) is 31.2 Å².